The van der Waals surface area contributed by atoms with E-state index in [1.54, 1.807) is 0 Å². The fourth-order valence-corrected chi connectivity index (χ4v) is 3.14. The molecule has 2 fully saturated rings. The van der Waals surface area contributed by atoms with Crippen molar-refractivity contribution in [1.82, 2.24) is 20.1 Å². The number of hydrogen-bond donors (Lipinski definition) is 1. The first-order valence-electron chi connectivity index (χ1n) is 7.48. The number of carbonyl (C=O) groups excluding carboxylic acids is 1. The Kier molecular flexibility index (Phi) is 4.16. The van der Waals surface area contributed by atoms with Gasteiger partial charge >= 0.3 is 6.03 Å². The quantitative estimate of drug-likeness (QED) is 0.908. The van der Waals surface area contributed by atoms with Crippen LogP contribution in [0.1, 0.15) is 24.8 Å². The Balaban J connectivity index is 1.50. The first-order valence-corrected chi connectivity index (χ1v) is 7.48. The third-order valence-corrected chi connectivity index (χ3v) is 4.24. The third kappa shape index (κ3) is 3.10. The van der Waals surface area contributed by atoms with Crippen LogP contribution in [0.15, 0.2) is 24.5 Å². The van der Waals surface area contributed by atoms with Gasteiger partial charge in [-0.25, -0.2) is 4.79 Å². The summed E-state index contributed by atoms with van der Waals surface area (Å²) in [6, 6.07) is 4.65. The number of carbonyl (C=O) groups is 1. The molecule has 0 aromatic carbocycles. The van der Waals surface area contributed by atoms with Crippen LogP contribution in [0, 0.1) is 0 Å². The molecule has 0 bridgehead atoms. The molecule has 5 nitrogen and oxygen atoms in total. The van der Waals surface area contributed by atoms with Crippen LogP contribution in [0.5, 0.6) is 0 Å². The van der Waals surface area contributed by atoms with E-state index in [4.69, 9.17) is 0 Å². The second kappa shape index (κ2) is 6.22. The zero-order valence-corrected chi connectivity index (χ0v) is 11.8. The van der Waals surface area contributed by atoms with E-state index in [2.05, 4.69) is 21.3 Å². The Morgan fingerprint density at radius 1 is 1.30 bits per heavy atom. The number of pyridine rings is 1. The van der Waals surface area contributed by atoms with Crippen molar-refractivity contribution in [2.24, 2.45) is 0 Å². The van der Waals surface area contributed by atoms with E-state index < -0.39 is 0 Å². The van der Waals surface area contributed by atoms with E-state index in [0.717, 1.165) is 52.0 Å². The number of amides is 2. The Morgan fingerprint density at radius 3 is 2.85 bits per heavy atom. The van der Waals surface area contributed by atoms with Gasteiger partial charge in [0.1, 0.15) is 0 Å². The highest BCUT2D eigenvalue weighted by molar-refractivity contribution is 5.75. The molecule has 0 aliphatic carbocycles. The molecule has 5 heteroatoms. The summed E-state index contributed by atoms with van der Waals surface area (Å²) in [4.78, 5) is 20.5. The summed E-state index contributed by atoms with van der Waals surface area (Å²) < 4.78 is 0. The van der Waals surface area contributed by atoms with Crippen LogP contribution in [0.25, 0.3) is 0 Å². The van der Waals surface area contributed by atoms with Crippen molar-refractivity contribution >= 4 is 6.03 Å². The standard InChI is InChI=1S/C15H22N4O/c20-15-17-7-2-8-19(15)14-4-9-18(10-5-14)12-13-3-1-6-16-11-13/h1,3,6,11,14H,2,4-5,7-10,12H2,(H,17,20). The van der Waals surface area contributed by atoms with Crippen LogP contribution in [0.2, 0.25) is 0 Å². The van der Waals surface area contributed by atoms with Crippen molar-refractivity contribution in [3.63, 3.8) is 0 Å². The first-order chi connectivity index (χ1) is 9.83. The summed E-state index contributed by atoms with van der Waals surface area (Å²) in [7, 11) is 0. The minimum atomic E-state index is 0.127. The van der Waals surface area contributed by atoms with Crippen LogP contribution in [-0.2, 0) is 6.54 Å². The highest BCUT2D eigenvalue weighted by atomic mass is 16.2. The van der Waals surface area contributed by atoms with E-state index in [1.165, 1.54) is 5.56 Å². The molecule has 0 spiro atoms. The Labute approximate surface area is 120 Å². The normalized spacial score (nSPS) is 21.8. The number of piperidine rings is 1. The topological polar surface area (TPSA) is 48.5 Å². The monoisotopic (exact) mass is 274 g/mol. The SMILES string of the molecule is O=C1NCCCN1C1CCN(Cc2cccnc2)CC1. The van der Waals surface area contributed by atoms with Gasteiger partial charge in [0.2, 0.25) is 0 Å². The maximum atomic E-state index is 11.9. The fraction of sp³-hybridized carbons (Fsp3) is 0.600. The molecule has 2 aliphatic heterocycles. The van der Waals surface area contributed by atoms with Gasteiger partial charge in [-0.2, -0.15) is 0 Å². The molecule has 0 saturated carbocycles. The van der Waals surface area contributed by atoms with Crippen molar-refractivity contribution in [1.29, 1.82) is 0 Å². The van der Waals surface area contributed by atoms with Crippen molar-refractivity contribution in [2.45, 2.75) is 31.8 Å². The summed E-state index contributed by atoms with van der Waals surface area (Å²) >= 11 is 0. The molecule has 20 heavy (non-hydrogen) atoms. The van der Waals surface area contributed by atoms with Crippen molar-refractivity contribution in [3.05, 3.63) is 30.1 Å². The highest BCUT2D eigenvalue weighted by Gasteiger charge is 2.29. The lowest BCUT2D eigenvalue weighted by Gasteiger charge is -2.40. The maximum Gasteiger partial charge on any atom is 0.317 e. The average molecular weight is 274 g/mol. The molecule has 1 aromatic rings. The predicted molar refractivity (Wildman–Crippen MR) is 77.3 cm³/mol. The smallest absolute Gasteiger partial charge is 0.317 e. The lowest BCUT2D eigenvalue weighted by Crippen LogP contribution is -2.54. The number of rotatable bonds is 3. The molecular weight excluding hydrogens is 252 g/mol. The molecule has 2 amide bonds. The van der Waals surface area contributed by atoms with Crippen molar-refractivity contribution < 1.29 is 4.79 Å². The van der Waals surface area contributed by atoms with Crippen LogP contribution in [0.4, 0.5) is 4.79 Å². The van der Waals surface area contributed by atoms with E-state index in [9.17, 15) is 4.79 Å². The molecule has 108 valence electrons. The summed E-state index contributed by atoms with van der Waals surface area (Å²) in [6.45, 7) is 4.83. The molecule has 1 aromatic heterocycles. The Bertz CT molecular complexity index is 442. The molecule has 3 heterocycles. The van der Waals surface area contributed by atoms with E-state index in [1.807, 2.05) is 23.4 Å². The summed E-state index contributed by atoms with van der Waals surface area (Å²) in [5.41, 5.74) is 1.27. The number of likely N-dealkylation sites (tertiary alicyclic amines) is 1. The van der Waals surface area contributed by atoms with Crippen molar-refractivity contribution in [3.8, 4) is 0 Å². The number of nitrogens with zero attached hydrogens (tertiary/aromatic N) is 3. The largest absolute Gasteiger partial charge is 0.338 e. The average Bonchev–Trinajstić information content (AvgIpc) is 2.50. The van der Waals surface area contributed by atoms with Gasteiger partial charge in [0.05, 0.1) is 0 Å². The van der Waals surface area contributed by atoms with Gasteiger partial charge in [-0.15, -0.1) is 0 Å². The number of nitrogens with one attached hydrogen (secondary N) is 1. The number of hydrogen-bond acceptors (Lipinski definition) is 3. The fourth-order valence-electron chi connectivity index (χ4n) is 3.14. The lowest BCUT2D eigenvalue weighted by atomic mass is 10.0. The molecular formula is C15H22N4O. The van der Waals surface area contributed by atoms with Gasteiger partial charge in [0, 0.05) is 51.2 Å². The third-order valence-electron chi connectivity index (χ3n) is 4.24. The van der Waals surface area contributed by atoms with Crippen LogP contribution in [-0.4, -0.2) is 53.0 Å². The first kappa shape index (κ1) is 13.4. The minimum absolute atomic E-state index is 0.127. The number of urea groups is 1. The number of aromatic nitrogens is 1. The predicted octanol–water partition coefficient (Wildman–Crippen LogP) is 1.46. The molecule has 3 rings (SSSR count). The lowest BCUT2D eigenvalue weighted by molar-refractivity contribution is 0.109. The maximum absolute atomic E-state index is 11.9. The Hall–Kier alpha value is -1.62. The molecule has 0 atom stereocenters. The van der Waals surface area contributed by atoms with Gasteiger partial charge in [0.25, 0.3) is 0 Å². The summed E-state index contributed by atoms with van der Waals surface area (Å²) in [5.74, 6) is 0. The van der Waals surface area contributed by atoms with Crippen LogP contribution < -0.4 is 5.32 Å². The molecule has 1 N–H and O–H groups in total. The molecule has 2 aliphatic rings. The van der Waals surface area contributed by atoms with Crippen LogP contribution >= 0.6 is 0 Å². The van der Waals surface area contributed by atoms with Crippen LogP contribution in [0.3, 0.4) is 0 Å². The van der Waals surface area contributed by atoms with Gasteiger partial charge in [0.15, 0.2) is 0 Å². The van der Waals surface area contributed by atoms with Gasteiger partial charge < -0.3 is 10.2 Å². The second-order valence-electron chi connectivity index (χ2n) is 5.65. The van der Waals surface area contributed by atoms with Crippen molar-refractivity contribution in [2.75, 3.05) is 26.2 Å². The van der Waals surface area contributed by atoms with Gasteiger partial charge in [-0.05, 0) is 30.9 Å². The van der Waals surface area contributed by atoms with E-state index in [0.29, 0.717) is 6.04 Å². The zero-order valence-electron chi connectivity index (χ0n) is 11.8. The minimum Gasteiger partial charge on any atom is -0.338 e. The Morgan fingerprint density at radius 2 is 2.15 bits per heavy atom. The molecule has 2 saturated heterocycles. The summed E-state index contributed by atoms with van der Waals surface area (Å²) in [6.07, 6.45) is 6.97. The van der Waals surface area contributed by atoms with E-state index in [-0.39, 0.29) is 6.03 Å². The van der Waals surface area contributed by atoms with E-state index >= 15 is 0 Å². The second-order valence-corrected chi connectivity index (χ2v) is 5.65. The van der Waals surface area contributed by atoms with Gasteiger partial charge in [-0.3, -0.25) is 9.88 Å². The molecule has 0 radical (unpaired) electrons. The zero-order chi connectivity index (χ0) is 13.8. The molecule has 0 unspecified atom stereocenters. The van der Waals surface area contributed by atoms with Gasteiger partial charge in [-0.1, -0.05) is 6.07 Å². The highest BCUT2D eigenvalue weighted by Crippen LogP contribution is 2.19. The summed E-state index contributed by atoms with van der Waals surface area (Å²) in [5, 5.41) is 2.95.